The molecule has 0 saturated carbocycles. The van der Waals surface area contributed by atoms with Crippen LogP contribution in [0.3, 0.4) is 0 Å². The minimum Gasteiger partial charge on any atom is -0.465 e. The Kier molecular flexibility index (Phi) is 5.54. The average molecular weight is 338 g/mol. The van der Waals surface area contributed by atoms with E-state index in [0.717, 1.165) is 0 Å². The molecular weight excluding hydrogens is 312 g/mol. The standard InChI is InChI=1S/C17H26N2O5/c1-5-23-15(21)13-7-6-12-10-18(16(22)24-17(2,3)4)8-9-19(12)14(13)11-20/h12-13H,5-10H2,1-4H3. The molecule has 2 heterocycles. The van der Waals surface area contributed by atoms with E-state index in [1.54, 1.807) is 11.8 Å². The summed E-state index contributed by atoms with van der Waals surface area (Å²) in [4.78, 5) is 39.3. The number of hydrogen-bond acceptors (Lipinski definition) is 6. The SMILES string of the molecule is CCOC(=O)C1CCC2CN(C(=O)OC(C)(C)C)CCN2C1=C=O. The number of hydrogen-bond donors (Lipinski definition) is 0. The first-order valence-corrected chi connectivity index (χ1v) is 8.43. The highest BCUT2D eigenvalue weighted by Crippen LogP contribution is 2.33. The van der Waals surface area contributed by atoms with Gasteiger partial charge in [-0.15, -0.1) is 0 Å². The van der Waals surface area contributed by atoms with Crippen molar-refractivity contribution in [1.82, 2.24) is 9.80 Å². The summed E-state index contributed by atoms with van der Waals surface area (Å²) in [5.74, 6) is 1.01. The number of amides is 1. The van der Waals surface area contributed by atoms with Crippen molar-refractivity contribution in [2.75, 3.05) is 26.2 Å². The van der Waals surface area contributed by atoms with E-state index in [0.29, 0.717) is 38.2 Å². The van der Waals surface area contributed by atoms with Crippen LogP contribution in [-0.2, 0) is 19.1 Å². The fraction of sp³-hybridized carbons (Fsp3) is 0.765. The van der Waals surface area contributed by atoms with Gasteiger partial charge in [-0.1, -0.05) is 0 Å². The summed E-state index contributed by atoms with van der Waals surface area (Å²) in [5, 5.41) is 0. The van der Waals surface area contributed by atoms with Gasteiger partial charge >= 0.3 is 12.1 Å². The van der Waals surface area contributed by atoms with Crippen LogP contribution < -0.4 is 0 Å². The van der Waals surface area contributed by atoms with Crippen LogP contribution in [0.15, 0.2) is 5.70 Å². The third kappa shape index (κ3) is 4.09. The second-order valence-corrected chi connectivity index (χ2v) is 7.14. The number of rotatable bonds is 2. The van der Waals surface area contributed by atoms with Gasteiger partial charge in [-0.05, 0) is 40.5 Å². The predicted octanol–water partition coefficient (Wildman–Crippen LogP) is 1.60. The van der Waals surface area contributed by atoms with E-state index in [2.05, 4.69) is 0 Å². The summed E-state index contributed by atoms with van der Waals surface area (Å²) in [5.41, 5.74) is -0.183. The van der Waals surface area contributed by atoms with Crippen molar-refractivity contribution in [2.45, 2.75) is 52.2 Å². The maximum atomic E-state index is 12.2. The monoisotopic (exact) mass is 338 g/mol. The Morgan fingerprint density at radius 2 is 1.96 bits per heavy atom. The van der Waals surface area contributed by atoms with Gasteiger partial charge in [-0.2, -0.15) is 0 Å². The summed E-state index contributed by atoms with van der Waals surface area (Å²) in [6, 6.07) is 0.00777. The second kappa shape index (κ2) is 7.26. The molecule has 2 atom stereocenters. The molecule has 7 nitrogen and oxygen atoms in total. The van der Waals surface area contributed by atoms with Crippen LogP contribution >= 0.6 is 0 Å². The average Bonchev–Trinajstić information content (AvgIpc) is 2.51. The van der Waals surface area contributed by atoms with Gasteiger partial charge < -0.3 is 19.3 Å². The summed E-state index contributed by atoms with van der Waals surface area (Å²) >= 11 is 0. The molecule has 2 rings (SSSR count). The number of piperazine rings is 1. The smallest absolute Gasteiger partial charge is 0.410 e. The van der Waals surface area contributed by atoms with Crippen molar-refractivity contribution < 1.29 is 23.9 Å². The van der Waals surface area contributed by atoms with E-state index < -0.39 is 11.5 Å². The fourth-order valence-electron chi connectivity index (χ4n) is 3.21. The Labute approximate surface area is 142 Å². The van der Waals surface area contributed by atoms with Crippen LogP contribution in [0, 0.1) is 5.92 Å². The molecule has 0 radical (unpaired) electrons. The Morgan fingerprint density at radius 1 is 1.25 bits per heavy atom. The van der Waals surface area contributed by atoms with Gasteiger partial charge in [0, 0.05) is 25.7 Å². The van der Waals surface area contributed by atoms with Crippen molar-refractivity contribution >= 4 is 18.0 Å². The molecule has 0 N–H and O–H groups in total. The molecule has 0 aromatic rings. The van der Waals surface area contributed by atoms with Gasteiger partial charge in [0.25, 0.3) is 0 Å². The van der Waals surface area contributed by atoms with Crippen molar-refractivity contribution in [3.8, 4) is 0 Å². The number of esters is 1. The van der Waals surface area contributed by atoms with Crippen molar-refractivity contribution in [1.29, 1.82) is 0 Å². The Morgan fingerprint density at radius 3 is 2.54 bits per heavy atom. The summed E-state index contributed by atoms with van der Waals surface area (Å²) in [7, 11) is 0. The zero-order chi connectivity index (χ0) is 17.9. The minimum atomic E-state index is -0.549. The number of piperidine rings is 1. The van der Waals surface area contributed by atoms with E-state index in [1.165, 1.54) is 0 Å². The van der Waals surface area contributed by atoms with Crippen molar-refractivity contribution in [3.63, 3.8) is 0 Å². The topological polar surface area (TPSA) is 76.2 Å². The van der Waals surface area contributed by atoms with E-state index >= 15 is 0 Å². The predicted molar refractivity (Wildman–Crippen MR) is 86.9 cm³/mol. The number of fused-ring (bicyclic) bond motifs is 1. The summed E-state index contributed by atoms with van der Waals surface area (Å²) in [6.07, 6.45) is 0.909. The highest BCUT2D eigenvalue weighted by Gasteiger charge is 2.41. The molecule has 134 valence electrons. The minimum absolute atomic E-state index is 0.00777. The number of ether oxygens (including phenoxy) is 2. The van der Waals surface area contributed by atoms with Crippen molar-refractivity contribution in [2.24, 2.45) is 5.92 Å². The van der Waals surface area contributed by atoms with Crippen molar-refractivity contribution in [3.05, 3.63) is 5.70 Å². The van der Waals surface area contributed by atoms with Gasteiger partial charge in [-0.3, -0.25) is 4.79 Å². The lowest BCUT2D eigenvalue weighted by Gasteiger charge is -2.46. The van der Waals surface area contributed by atoms with E-state index in [4.69, 9.17) is 9.47 Å². The molecule has 0 aliphatic carbocycles. The third-order valence-corrected chi connectivity index (χ3v) is 4.24. The normalized spacial score (nSPS) is 24.1. The quantitative estimate of drug-likeness (QED) is 0.562. The number of nitrogens with zero attached hydrogens (tertiary/aromatic N) is 2. The largest absolute Gasteiger partial charge is 0.465 e. The summed E-state index contributed by atoms with van der Waals surface area (Å²) in [6.45, 7) is 8.95. The molecule has 2 aliphatic rings. The zero-order valence-electron chi connectivity index (χ0n) is 14.8. The Balaban J connectivity index is 2.05. The highest BCUT2D eigenvalue weighted by molar-refractivity contribution is 5.79. The zero-order valence-corrected chi connectivity index (χ0v) is 14.8. The lowest BCUT2D eigenvalue weighted by Crippen LogP contribution is -2.58. The molecule has 2 aliphatic heterocycles. The van der Waals surface area contributed by atoms with E-state index in [9.17, 15) is 14.4 Å². The van der Waals surface area contributed by atoms with Crippen LogP contribution in [0.5, 0.6) is 0 Å². The molecule has 24 heavy (non-hydrogen) atoms. The van der Waals surface area contributed by atoms with E-state index in [-0.39, 0.29) is 24.7 Å². The molecule has 2 fully saturated rings. The van der Waals surface area contributed by atoms with E-state index in [1.807, 2.05) is 31.6 Å². The van der Waals surface area contributed by atoms with Gasteiger partial charge in [-0.25, -0.2) is 9.59 Å². The van der Waals surface area contributed by atoms with Crippen LogP contribution in [-0.4, -0.2) is 65.7 Å². The second-order valence-electron chi connectivity index (χ2n) is 7.14. The third-order valence-electron chi connectivity index (χ3n) is 4.24. The molecule has 7 heteroatoms. The lowest BCUT2D eigenvalue weighted by atomic mass is 9.88. The van der Waals surface area contributed by atoms with Gasteiger partial charge in [0.1, 0.15) is 23.2 Å². The molecular formula is C17H26N2O5. The van der Waals surface area contributed by atoms with Gasteiger partial charge in [0.05, 0.1) is 6.61 Å². The summed E-state index contributed by atoms with van der Waals surface area (Å²) < 4.78 is 10.5. The first kappa shape index (κ1) is 18.3. The first-order chi connectivity index (χ1) is 11.3. The maximum Gasteiger partial charge on any atom is 0.410 e. The fourth-order valence-corrected chi connectivity index (χ4v) is 3.21. The molecule has 0 bridgehead atoms. The molecule has 2 saturated heterocycles. The lowest BCUT2D eigenvalue weighted by molar-refractivity contribution is -0.148. The molecule has 0 aromatic carbocycles. The maximum absolute atomic E-state index is 12.2. The van der Waals surface area contributed by atoms with Gasteiger partial charge in [0.2, 0.25) is 0 Å². The number of carbonyl (C=O) groups is 2. The Hall–Kier alpha value is -2.01. The van der Waals surface area contributed by atoms with Crippen LogP contribution in [0.2, 0.25) is 0 Å². The van der Waals surface area contributed by atoms with Gasteiger partial charge in [0.15, 0.2) is 0 Å². The van der Waals surface area contributed by atoms with Crippen LogP contribution in [0.4, 0.5) is 4.79 Å². The van der Waals surface area contributed by atoms with Crippen LogP contribution in [0.25, 0.3) is 0 Å². The molecule has 0 spiro atoms. The first-order valence-electron chi connectivity index (χ1n) is 8.43. The highest BCUT2D eigenvalue weighted by atomic mass is 16.6. The molecule has 1 amide bonds. The molecule has 0 aromatic heterocycles. The van der Waals surface area contributed by atoms with Crippen LogP contribution in [0.1, 0.15) is 40.5 Å². The molecule has 2 unspecified atom stereocenters. The Bertz CT molecular complexity index is 548. The number of carbonyl (C=O) groups excluding carboxylic acids is 3.